The smallest absolute Gasteiger partial charge is 0.330 e. The lowest BCUT2D eigenvalue weighted by molar-refractivity contribution is -0.137. The molecule has 0 spiro atoms. The molecule has 1 aromatic heterocycles. The van der Waals surface area contributed by atoms with E-state index in [1.54, 1.807) is 6.92 Å². The normalized spacial score (nSPS) is 10.4. The highest BCUT2D eigenvalue weighted by atomic mass is 16.5. The molecule has 1 rings (SSSR count). The Balaban J connectivity index is 2.78. The Bertz CT molecular complexity index is 404. The van der Waals surface area contributed by atoms with Gasteiger partial charge in [0.05, 0.1) is 13.7 Å². The fraction of sp³-hybridized carbons (Fsp3) is 0.300. The van der Waals surface area contributed by atoms with Gasteiger partial charge in [-0.3, -0.25) is 0 Å². The third-order valence-corrected chi connectivity index (χ3v) is 1.69. The van der Waals surface area contributed by atoms with Crippen molar-refractivity contribution in [3.05, 3.63) is 17.8 Å². The van der Waals surface area contributed by atoms with Gasteiger partial charge in [-0.05, 0) is 13.0 Å². The van der Waals surface area contributed by atoms with E-state index >= 15 is 0 Å². The van der Waals surface area contributed by atoms with Crippen LogP contribution in [0.5, 0.6) is 6.01 Å². The molecule has 0 amide bonds. The van der Waals surface area contributed by atoms with Gasteiger partial charge in [0.25, 0.3) is 0 Å². The number of esters is 1. The molecule has 0 saturated carbocycles. The summed E-state index contributed by atoms with van der Waals surface area (Å²) in [5, 5.41) is 0. The van der Waals surface area contributed by atoms with Gasteiger partial charge in [0.15, 0.2) is 0 Å². The van der Waals surface area contributed by atoms with Crippen LogP contribution in [0.15, 0.2) is 12.3 Å². The first-order valence-corrected chi connectivity index (χ1v) is 4.68. The monoisotopic (exact) mass is 223 g/mol. The van der Waals surface area contributed by atoms with Crippen LogP contribution >= 0.6 is 0 Å². The van der Waals surface area contributed by atoms with Gasteiger partial charge in [0, 0.05) is 17.8 Å². The Labute approximate surface area is 93.1 Å². The van der Waals surface area contributed by atoms with Crippen LogP contribution in [0.2, 0.25) is 0 Å². The first-order valence-electron chi connectivity index (χ1n) is 4.68. The zero-order chi connectivity index (χ0) is 12.0. The Morgan fingerprint density at radius 3 is 2.94 bits per heavy atom. The lowest BCUT2D eigenvalue weighted by atomic mass is 10.3. The molecule has 16 heavy (non-hydrogen) atoms. The third kappa shape index (κ3) is 3.23. The molecular formula is C10H13N3O3. The van der Waals surface area contributed by atoms with Crippen molar-refractivity contribution in [1.82, 2.24) is 9.97 Å². The van der Waals surface area contributed by atoms with Gasteiger partial charge >= 0.3 is 12.0 Å². The summed E-state index contributed by atoms with van der Waals surface area (Å²) in [4.78, 5) is 18.8. The Morgan fingerprint density at radius 1 is 1.62 bits per heavy atom. The molecule has 0 fully saturated rings. The van der Waals surface area contributed by atoms with E-state index in [0.29, 0.717) is 12.2 Å². The number of hydrogen-bond acceptors (Lipinski definition) is 6. The van der Waals surface area contributed by atoms with E-state index in [0.717, 1.165) is 0 Å². The lowest BCUT2D eigenvalue weighted by Gasteiger charge is -2.01. The topological polar surface area (TPSA) is 87.3 Å². The van der Waals surface area contributed by atoms with E-state index in [9.17, 15) is 4.79 Å². The van der Waals surface area contributed by atoms with Crippen molar-refractivity contribution in [3.63, 3.8) is 0 Å². The molecule has 0 atom stereocenters. The number of carbonyl (C=O) groups is 1. The number of aromatic nitrogens is 2. The van der Waals surface area contributed by atoms with E-state index in [1.807, 2.05) is 0 Å². The van der Waals surface area contributed by atoms with Crippen LogP contribution in [0.1, 0.15) is 12.5 Å². The van der Waals surface area contributed by atoms with Gasteiger partial charge in [-0.15, -0.1) is 0 Å². The van der Waals surface area contributed by atoms with Gasteiger partial charge in [-0.2, -0.15) is 4.98 Å². The van der Waals surface area contributed by atoms with Crippen molar-refractivity contribution < 1.29 is 14.3 Å². The minimum Gasteiger partial charge on any atom is -0.467 e. The minimum atomic E-state index is -0.433. The maximum absolute atomic E-state index is 11.0. The molecule has 0 aliphatic carbocycles. The molecule has 0 unspecified atom stereocenters. The summed E-state index contributed by atoms with van der Waals surface area (Å²) in [5.74, 6) is -0.190. The standard InChI is InChI=1S/C10H13N3O3/c1-3-16-8(14)5-4-7-6-12-10(15-2)13-9(7)11/h4-6H,3H2,1-2H3,(H2,11,12,13). The largest absolute Gasteiger partial charge is 0.467 e. The quantitative estimate of drug-likeness (QED) is 0.595. The second-order valence-electron chi connectivity index (χ2n) is 2.78. The van der Waals surface area contributed by atoms with Crippen LogP contribution in [0, 0.1) is 0 Å². The molecule has 6 nitrogen and oxygen atoms in total. The average Bonchev–Trinajstić information content (AvgIpc) is 2.27. The lowest BCUT2D eigenvalue weighted by Crippen LogP contribution is -2.01. The molecule has 0 aliphatic rings. The summed E-state index contributed by atoms with van der Waals surface area (Å²) >= 11 is 0. The van der Waals surface area contributed by atoms with Gasteiger partial charge in [0.2, 0.25) is 0 Å². The van der Waals surface area contributed by atoms with Crippen molar-refractivity contribution in [3.8, 4) is 6.01 Å². The Morgan fingerprint density at radius 2 is 2.38 bits per heavy atom. The van der Waals surface area contributed by atoms with Crippen LogP contribution in [0.4, 0.5) is 5.82 Å². The molecule has 2 N–H and O–H groups in total. The van der Waals surface area contributed by atoms with Crippen molar-refractivity contribution >= 4 is 17.9 Å². The van der Waals surface area contributed by atoms with Gasteiger partial charge in [-0.25, -0.2) is 9.78 Å². The molecular weight excluding hydrogens is 210 g/mol. The average molecular weight is 223 g/mol. The van der Waals surface area contributed by atoms with Crippen LogP contribution < -0.4 is 10.5 Å². The third-order valence-electron chi connectivity index (χ3n) is 1.69. The first-order chi connectivity index (χ1) is 7.67. The molecule has 0 radical (unpaired) electrons. The van der Waals surface area contributed by atoms with E-state index in [1.165, 1.54) is 25.5 Å². The number of methoxy groups -OCH3 is 1. The summed E-state index contributed by atoms with van der Waals surface area (Å²) in [6, 6.07) is 0.186. The Kier molecular flexibility index (Phi) is 4.26. The molecule has 1 aromatic rings. The summed E-state index contributed by atoms with van der Waals surface area (Å²) in [5.41, 5.74) is 6.16. The number of rotatable bonds is 4. The van der Waals surface area contributed by atoms with Crippen molar-refractivity contribution in [2.45, 2.75) is 6.92 Å². The number of nitrogens with zero attached hydrogens (tertiary/aromatic N) is 2. The van der Waals surface area contributed by atoms with Crippen LogP contribution in [0.3, 0.4) is 0 Å². The zero-order valence-electron chi connectivity index (χ0n) is 9.14. The second-order valence-corrected chi connectivity index (χ2v) is 2.78. The molecule has 0 bridgehead atoms. The summed E-state index contributed by atoms with van der Waals surface area (Å²) < 4.78 is 9.51. The van der Waals surface area contributed by atoms with Gasteiger partial charge < -0.3 is 15.2 Å². The maximum atomic E-state index is 11.0. The number of hydrogen-bond donors (Lipinski definition) is 1. The SMILES string of the molecule is CCOC(=O)C=Cc1cnc(OC)nc1N. The number of ether oxygens (including phenoxy) is 2. The fourth-order valence-corrected chi connectivity index (χ4v) is 0.962. The molecule has 0 aromatic carbocycles. The van der Waals surface area contributed by atoms with Crippen LogP contribution in [-0.4, -0.2) is 29.7 Å². The maximum Gasteiger partial charge on any atom is 0.330 e. The summed E-state index contributed by atoms with van der Waals surface area (Å²) in [6.45, 7) is 2.06. The second kappa shape index (κ2) is 5.69. The van der Waals surface area contributed by atoms with E-state index in [-0.39, 0.29) is 11.8 Å². The van der Waals surface area contributed by atoms with Crippen LogP contribution in [-0.2, 0) is 9.53 Å². The highest BCUT2D eigenvalue weighted by Gasteiger charge is 2.02. The fourth-order valence-electron chi connectivity index (χ4n) is 0.962. The number of anilines is 1. The predicted octanol–water partition coefficient (Wildman–Crippen LogP) is 0.644. The van der Waals surface area contributed by atoms with Crippen molar-refractivity contribution in [2.24, 2.45) is 0 Å². The Hall–Kier alpha value is -2.11. The molecule has 0 saturated heterocycles. The summed E-state index contributed by atoms with van der Waals surface area (Å²) in [6.07, 6.45) is 4.23. The first kappa shape index (κ1) is 12.0. The predicted molar refractivity (Wildman–Crippen MR) is 58.7 cm³/mol. The molecule has 0 aliphatic heterocycles. The van der Waals surface area contributed by atoms with E-state index < -0.39 is 5.97 Å². The molecule has 86 valence electrons. The number of carbonyl (C=O) groups excluding carboxylic acids is 1. The highest BCUT2D eigenvalue weighted by Crippen LogP contribution is 2.12. The van der Waals surface area contributed by atoms with E-state index in [4.69, 9.17) is 15.2 Å². The summed E-state index contributed by atoms with van der Waals surface area (Å²) in [7, 11) is 1.45. The van der Waals surface area contributed by atoms with E-state index in [2.05, 4.69) is 9.97 Å². The van der Waals surface area contributed by atoms with Crippen molar-refractivity contribution in [1.29, 1.82) is 0 Å². The number of nitrogens with two attached hydrogens (primary N) is 1. The minimum absolute atomic E-state index is 0.186. The molecule has 1 heterocycles. The molecule has 6 heteroatoms. The van der Waals surface area contributed by atoms with Gasteiger partial charge in [0.1, 0.15) is 5.82 Å². The highest BCUT2D eigenvalue weighted by molar-refractivity contribution is 5.87. The van der Waals surface area contributed by atoms with Crippen LogP contribution in [0.25, 0.3) is 6.08 Å². The number of nitrogen functional groups attached to an aromatic ring is 1. The van der Waals surface area contributed by atoms with Gasteiger partial charge in [-0.1, -0.05) is 0 Å². The zero-order valence-corrected chi connectivity index (χ0v) is 9.14. The van der Waals surface area contributed by atoms with Crippen molar-refractivity contribution in [2.75, 3.05) is 19.5 Å².